The molecule has 8 nitrogen and oxygen atoms in total. The van der Waals surface area contributed by atoms with Crippen LogP contribution in [0.15, 0.2) is 18.3 Å². The van der Waals surface area contributed by atoms with Gasteiger partial charge in [-0.15, -0.1) is 0 Å². The second kappa shape index (κ2) is 6.52. The summed E-state index contributed by atoms with van der Waals surface area (Å²) in [4.78, 5) is 27.4. The summed E-state index contributed by atoms with van der Waals surface area (Å²) in [5.74, 6) is -1.11. The van der Waals surface area contributed by atoms with Crippen LogP contribution in [0.2, 0.25) is 0 Å². The molecule has 1 amide bonds. The van der Waals surface area contributed by atoms with Crippen molar-refractivity contribution in [2.75, 3.05) is 5.32 Å². The van der Waals surface area contributed by atoms with E-state index in [1.54, 1.807) is 39.1 Å². The maximum absolute atomic E-state index is 11.9. The van der Waals surface area contributed by atoms with Crippen LogP contribution in [0, 0.1) is 3.57 Å². The van der Waals surface area contributed by atoms with Crippen LogP contribution < -0.4 is 5.32 Å². The number of aromatic amines is 1. The van der Waals surface area contributed by atoms with Crippen LogP contribution in [0.1, 0.15) is 31.3 Å². The Morgan fingerprint density at radius 2 is 2.09 bits per heavy atom. The predicted octanol–water partition coefficient (Wildman–Crippen LogP) is 3.12. The number of carbonyl (C=O) groups excluding carboxylic acids is 1. The highest BCUT2D eigenvalue weighted by Crippen LogP contribution is 2.29. The van der Waals surface area contributed by atoms with E-state index in [0.29, 0.717) is 5.69 Å². The van der Waals surface area contributed by atoms with Crippen molar-refractivity contribution in [2.24, 2.45) is 0 Å². The molecule has 0 bridgehead atoms. The number of ether oxygens (including phenoxy) is 1. The molecule has 0 unspecified atom stereocenters. The maximum Gasteiger partial charge on any atom is 0.413 e. The van der Waals surface area contributed by atoms with E-state index in [1.807, 2.05) is 0 Å². The second-order valence-electron chi connectivity index (χ2n) is 5.61. The summed E-state index contributed by atoms with van der Waals surface area (Å²) in [5, 5.41) is 18.0. The molecule has 0 aliphatic rings. The number of aromatic nitrogens is 3. The van der Waals surface area contributed by atoms with Crippen molar-refractivity contribution in [3.63, 3.8) is 0 Å². The summed E-state index contributed by atoms with van der Waals surface area (Å²) >= 11 is 2.08. The normalized spacial score (nSPS) is 11.1. The average Bonchev–Trinajstić information content (AvgIpc) is 2.80. The summed E-state index contributed by atoms with van der Waals surface area (Å²) in [5.41, 5.74) is -0.332. The van der Waals surface area contributed by atoms with Crippen molar-refractivity contribution in [3.05, 3.63) is 27.6 Å². The van der Waals surface area contributed by atoms with E-state index in [4.69, 9.17) is 4.74 Å². The number of carbonyl (C=O) groups is 2. The molecule has 2 aromatic rings. The molecule has 0 saturated heterocycles. The molecule has 23 heavy (non-hydrogen) atoms. The first-order valence-corrected chi connectivity index (χ1v) is 7.69. The number of halogens is 1. The zero-order chi connectivity index (χ0) is 17.2. The number of pyridine rings is 1. The Morgan fingerprint density at radius 3 is 2.65 bits per heavy atom. The number of aromatic carboxylic acids is 1. The van der Waals surface area contributed by atoms with Crippen molar-refractivity contribution in [2.45, 2.75) is 26.4 Å². The van der Waals surface area contributed by atoms with Gasteiger partial charge in [-0.1, -0.05) is 0 Å². The van der Waals surface area contributed by atoms with Crippen molar-refractivity contribution in [1.82, 2.24) is 15.2 Å². The van der Waals surface area contributed by atoms with Gasteiger partial charge in [-0.2, -0.15) is 5.10 Å². The fourth-order valence-electron chi connectivity index (χ4n) is 1.78. The van der Waals surface area contributed by atoms with Gasteiger partial charge in [0.2, 0.25) is 0 Å². The molecule has 9 heteroatoms. The summed E-state index contributed by atoms with van der Waals surface area (Å²) in [6.07, 6.45) is 0.831. The van der Waals surface area contributed by atoms with Crippen molar-refractivity contribution in [1.29, 1.82) is 0 Å². The Morgan fingerprint density at radius 1 is 1.39 bits per heavy atom. The second-order valence-corrected chi connectivity index (χ2v) is 6.86. The Kier molecular flexibility index (Phi) is 4.88. The molecule has 0 radical (unpaired) electrons. The van der Waals surface area contributed by atoms with Gasteiger partial charge in [-0.25, -0.2) is 9.59 Å². The summed E-state index contributed by atoms with van der Waals surface area (Å²) < 4.78 is 6.03. The van der Waals surface area contributed by atoms with Gasteiger partial charge < -0.3 is 9.84 Å². The molecule has 0 atom stereocenters. The van der Waals surface area contributed by atoms with E-state index in [2.05, 4.69) is 43.1 Å². The summed E-state index contributed by atoms with van der Waals surface area (Å²) in [6.45, 7) is 5.18. The molecule has 0 aliphatic carbocycles. The van der Waals surface area contributed by atoms with E-state index < -0.39 is 17.7 Å². The minimum atomic E-state index is -1.23. The van der Waals surface area contributed by atoms with Gasteiger partial charge in [0.15, 0.2) is 5.69 Å². The highest BCUT2D eigenvalue weighted by Gasteiger charge is 2.24. The summed E-state index contributed by atoms with van der Waals surface area (Å²) in [7, 11) is 0. The molecular weight excluding hydrogens is 415 g/mol. The third-order valence-corrected chi connectivity index (χ3v) is 3.24. The minimum Gasteiger partial charge on any atom is -0.476 e. The quantitative estimate of drug-likeness (QED) is 0.645. The molecule has 2 aromatic heterocycles. The zero-order valence-corrected chi connectivity index (χ0v) is 14.8. The SMILES string of the molecule is CC(C)(C)OC(=O)Nc1[nH]nc(C(=O)O)c1-c1cc(I)ccn1. The molecule has 0 saturated carbocycles. The van der Waals surface area contributed by atoms with Crippen LogP contribution in [0.3, 0.4) is 0 Å². The molecular formula is C14H15IN4O4. The van der Waals surface area contributed by atoms with Crippen LogP contribution in [-0.4, -0.2) is 38.0 Å². The maximum atomic E-state index is 11.9. The predicted molar refractivity (Wildman–Crippen MR) is 91.4 cm³/mol. The van der Waals surface area contributed by atoms with Crippen LogP contribution in [0.5, 0.6) is 0 Å². The molecule has 122 valence electrons. The molecule has 2 rings (SSSR count). The van der Waals surface area contributed by atoms with E-state index >= 15 is 0 Å². The van der Waals surface area contributed by atoms with E-state index in [0.717, 1.165) is 3.57 Å². The van der Waals surface area contributed by atoms with Gasteiger partial charge in [0.05, 0.1) is 11.3 Å². The first-order valence-electron chi connectivity index (χ1n) is 6.61. The largest absolute Gasteiger partial charge is 0.476 e. The van der Waals surface area contributed by atoms with Crippen molar-refractivity contribution in [3.8, 4) is 11.3 Å². The van der Waals surface area contributed by atoms with E-state index in [-0.39, 0.29) is 17.1 Å². The van der Waals surface area contributed by atoms with Gasteiger partial charge in [0.25, 0.3) is 0 Å². The Hall–Kier alpha value is -2.17. The first-order chi connectivity index (χ1) is 10.7. The number of rotatable bonds is 3. The topological polar surface area (TPSA) is 117 Å². The highest BCUT2D eigenvalue weighted by molar-refractivity contribution is 14.1. The number of carboxylic acids is 1. The average molecular weight is 430 g/mol. The standard InChI is InChI=1S/C14H15IN4O4/c1-14(2,3)23-13(22)17-11-9(10(12(20)21)18-19-11)8-6-7(15)4-5-16-8/h4-6H,1-3H3,(H,20,21)(H2,17,18,19,22). The number of nitrogens with one attached hydrogen (secondary N) is 2. The number of carboxylic acid groups (broad SMARTS) is 1. The minimum absolute atomic E-state index is 0.117. The number of hydrogen-bond donors (Lipinski definition) is 3. The lowest BCUT2D eigenvalue weighted by atomic mass is 10.1. The number of amides is 1. The van der Waals surface area contributed by atoms with Gasteiger partial charge >= 0.3 is 12.1 Å². The smallest absolute Gasteiger partial charge is 0.413 e. The highest BCUT2D eigenvalue weighted by atomic mass is 127. The van der Waals surface area contributed by atoms with Crippen LogP contribution in [0.4, 0.5) is 10.6 Å². The first kappa shape index (κ1) is 17.2. The molecule has 0 spiro atoms. The fourth-order valence-corrected chi connectivity index (χ4v) is 2.24. The molecule has 0 fully saturated rings. The number of nitrogens with zero attached hydrogens (tertiary/aromatic N) is 2. The fraction of sp³-hybridized carbons (Fsp3) is 0.286. The Balaban J connectivity index is 2.42. The van der Waals surface area contributed by atoms with Crippen LogP contribution >= 0.6 is 22.6 Å². The number of anilines is 1. The van der Waals surface area contributed by atoms with Gasteiger partial charge in [0, 0.05) is 9.77 Å². The molecule has 0 aromatic carbocycles. The van der Waals surface area contributed by atoms with Crippen molar-refractivity contribution < 1.29 is 19.4 Å². The van der Waals surface area contributed by atoms with E-state index in [1.165, 1.54) is 0 Å². The van der Waals surface area contributed by atoms with Gasteiger partial charge in [-0.05, 0) is 55.5 Å². The monoisotopic (exact) mass is 430 g/mol. The van der Waals surface area contributed by atoms with E-state index in [9.17, 15) is 14.7 Å². The third kappa shape index (κ3) is 4.41. The zero-order valence-electron chi connectivity index (χ0n) is 12.7. The lowest BCUT2D eigenvalue weighted by Gasteiger charge is -2.19. The van der Waals surface area contributed by atoms with Crippen LogP contribution in [-0.2, 0) is 4.74 Å². The summed E-state index contributed by atoms with van der Waals surface area (Å²) in [6, 6.07) is 3.46. The molecule has 0 aliphatic heterocycles. The number of hydrogen-bond acceptors (Lipinski definition) is 5. The van der Waals surface area contributed by atoms with Crippen molar-refractivity contribution >= 4 is 40.5 Å². The van der Waals surface area contributed by atoms with Gasteiger partial charge in [0.1, 0.15) is 11.4 Å². The Labute approximate surface area is 145 Å². The number of H-pyrrole nitrogens is 1. The third-order valence-electron chi connectivity index (χ3n) is 2.57. The lowest BCUT2D eigenvalue weighted by Crippen LogP contribution is -2.27. The van der Waals surface area contributed by atoms with Crippen LogP contribution in [0.25, 0.3) is 11.3 Å². The molecule has 3 N–H and O–H groups in total. The Bertz CT molecular complexity index is 751. The lowest BCUT2D eigenvalue weighted by molar-refractivity contribution is 0.0633. The van der Waals surface area contributed by atoms with Gasteiger partial charge in [-0.3, -0.25) is 15.4 Å². The molecule has 2 heterocycles.